The lowest BCUT2D eigenvalue weighted by Gasteiger charge is -2.12. The maximum atomic E-state index is 5.42. The van der Waals surface area contributed by atoms with Gasteiger partial charge in [0.1, 0.15) is 5.75 Å². The first-order valence-electron chi connectivity index (χ1n) is 8.15. The topological polar surface area (TPSA) is 51.8 Å². The molecular formula is C19H24N2O3S. The van der Waals surface area contributed by atoms with Crippen LogP contribution in [0.15, 0.2) is 42.5 Å². The molecule has 0 amide bonds. The van der Waals surface area contributed by atoms with Crippen LogP contribution in [0.3, 0.4) is 0 Å². The van der Waals surface area contributed by atoms with Crippen molar-refractivity contribution in [2.24, 2.45) is 0 Å². The zero-order chi connectivity index (χ0) is 18.1. The molecule has 5 nitrogen and oxygen atoms in total. The molecule has 2 N–H and O–H groups in total. The van der Waals surface area contributed by atoms with Crippen molar-refractivity contribution < 1.29 is 14.2 Å². The summed E-state index contributed by atoms with van der Waals surface area (Å²) in [6, 6.07) is 13.6. The van der Waals surface area contributed by atoms with Gasteiger partial charge < -0.3 is 24.8 Å². The normalized spacial score (nSPS) is 10.0. The van der Waals surface area contributed by atoms with Crippen molar-refractivity contribution in [2.75, 3.05) is 32.7 Å². The average molecular weight is 360 g/mol. The van der Waals surface area contributed by atoms with E-state index in [4.69, 9.17) is 26.4 Å². The Morgan fingerprint density at radius 2 is 1.72 bits per heavy atom. The van der Waals surface area contributed by atoms with E-state index in [0.717, 1.165) is 41.5 Å². The Hall–Kier alpha value is -2.47. The lowest BCUT2D eigenvalue weighted by atomic mass is 10.1. The molecule has 0 aromatic heterocycles. The van der Waals surface area contributed by atoms with Crippen LogP contribution in [0.5, 0.6) is 17.2 Å². The lowest BCUT2D eigenvalue weighted by Crippen LogP contribution is -2.30. The van der Waals surface area contributed by atoms with Gasteiger partial charge in [-0.15, -0.1) is 0 Å². The van der Waals surface area contributed by atoms with Crippen LogP contribution in [-0.4, -0.2) is 32.5 Å². The summed E-state index contributed by atoms with van der Waals surface area (Å²) in [6.45, 7) is 3.34. The zero-order valence-electron chi connectivity index (χ0n) is 14.8. The minimum absolute atomic E-state index is 0.588. The highest BCUT2D eigenvalue weighted by atomic mass is 32.1. The molecule has 0 aliphatic carbocycles. The summed E-state index contributed by atoms with van der Waals surface area (Å²) in [7, 11) is 3.26. The Labute approximate surface area is 154 Å². The number of hydrogen-bond acceptors (Lipinski definition) is 4. The van der Waals surface area contributed by atoms with Crippen molar-refractivity contribution in [1.82, 2.24) is 5.32 Å². The molecule has 0 atom stereocenters. The maximum Gasteiger partial charge on any atom is 0.170 e. The van der Waals surface area contributed by atoms with E-state index in [9.17, 15) is 0 Å². The van der Waals surface area contributed by atoms with Crippen LogP contribution in [0.25, 0.3) is 0 Å². The third-order valence-electron chi connectivity index (χ3n) is 3.57. The van der Waals surface area contributed by atoms with Crippen LogP contribution >= 0.6 is 12.2 Å². The van der Waals surface area contributed by atoms with Gasteiger partial charge in [-0.3, -0.25) is 0 Å². The Balaban J connectivity index is 1.80. The molecule has 0 spiro atoms. The standard InChI is InChI=1S/C19H24N2O3S/c1-4-24-16-8-6-15(7-9-16)21-19(25)20-12-11-14-5-10-17(22-2)18(13-14)23-3/h5-10,13H,4,11-12H2,1-3H3,(H2,20,21,25). The van der Waals surface area contributed by atoms with Crippen molar-refractivity contribution in [2.45, 2.75) is 13.3 Å². The smallest absolute Gasteiger partial charge is 0.170 e. The lowest BCUT2D eigenvalue weighted by molar-refractivity contribution is 0.340. The number of anilines is 1. The molecule has 25 heavy (non-hydrogen) atoms. The number of nitrogens with one attached hydrogen (secondary N) is 2. The minimum atomic E-state index is 0.588. The van der Waals surface area contributed by atoms with E-state index in [0.29, 0.717) is 11.7 Å². The second-order valence-electron chi connectivity index (χ2n) is 5.28. The van der Waals surface area contributed by atoms with Crippen LogP contribution in [-0.2, 0) is 6.42 Å². The van der Waals surface area contributed by atoms with Crippen LogP contribution in [0.1, 0.15) is 12.5 Å². The van der Waals surface area contributed by atoms with Gasteiger partial charge in [0.15, 0.2) is 16.6 Å². The fraction of sp³-hybridized carbons (Fsp3) is 0.316. The van der Waals surface area contributed by atoms with Gasteiger partial charge in [-0.25, -0.2) is 0 Å². The summed E-state index contributed by atoms with van der Waals surface area (Å²) in [5.41, 5.74) is 2.07. The second kappa shape index (κ2) is 9.74. The van der Waals surface area contributed by atoms with E-state index < -0.39 is 0 Å². The fourth-order valence-electron chi connectivity index (χ4n) is 2.33. The van der Waals surface area contributed by atoms with Gasteiger partial charge in [-0.1, -0.05) is 6.07 Å². The summed E-state index contributed by atoms with van der Waals surface area (Å²) < 4.78 is 16.0. The number of methoxy groups -OCH3 is 2. The Morgan fingerprint density at radius 1 is 1.00 bits per heavy atom. The third-order valence-corrected chi connectivity index (χ3v) is 3.82. The first-order valence-corrected chi connectivity index (χ1v) is 8.55. The predicted octanol–water partition coefficient (Wildman–Crippen LogP) is 3.63. The van der Waals surface area contributed by atoms with E-state index in [1.165, 1.54) is 0 Å². The van der Waals surface area contributed by atoms with Gasteiger partial charge in [-0.2, -0.15) is 0 Å². The minimum Gasteiger partial charge on any atom is -0.494 e. The highest BCUT2D eigenvalue weighted by molar-refractivity contribution is 7.80. The Bertz CT molecular complexity index is 690. The quantitative estimate of drug-likeness (QED) is 0.701. The number of hydrogen-bond donors (Lipinski definition) is 2. The summed E-state index contributed by atoms with van der Waals surface area (Å²) in [6.07, 6.45) is 0.825. The van der Waals surface area contributed by atoms with Crippen LogP contribution in [0.2, 0.25) is 0 Å². The molecule has 0 bridgehead atoms. The summed E-state index contributed by atoms with van der Waals surface area (Å²) >= 11 is 5.33. The highest BCUT2D eigenvalue weighted by Gasteiger charge is 2.05. The third kappa shape index (κ3) is 5.83. The molecule has 0 aliphatic heterocycles. The number of rotatable bonds is 8. The molecule has 2 aromatic carbocycles. The average Bonchev–Trinajstić information content (AvgIpc) is 2.63. The van der Waals surface area contributed by atoms with Crippen LogP contribution < -0.4 is 24.8 Å². The second-order valence-corrected chi connectivity index (χ2v) is 5.69. The monoisotopic (exact) mass is 360 g/mol. The Kier molecular flexibility index (Phi) is 7.35. The molecule has 0 saturated carbocycles. The van der Waals surface area contributed by atoms with Crippen molar-refractivity contribution in [3.63, 3.8) is 0 Å². The van der Waals surface area contributed by atoms with Crippen molar-refractivity contribution in [3.8, 4) is 17.2 Å². The van der Waals surface area contributed by atoms with Gasteiger partial charge in [0.25, 0.3) is 0 Å². The van der Waals surface area contributed by atoms with Crippen molar-refractivity contribution in [1.29, 1.82) is 0 Å². The van der Waals surface area contributed by atoms with Gasteiger partial charge in [-0.05, 0) is 67.5 Å². The number of thiocarbonyl (C=S) groups is 1. The van der Waals surface area contributed by atoms with Gasteiger partial charge in [0.2, 0.25) is 0 Å². The molecule has 6 heteroatoms. The number of benzene rings is 2. The molecule has 0 fully saturated rings. The highest BCUT2D eigenvalue weighted by Crippen LogP contribution is 2.27. The molecule has 2 rings (SSSR count). The zero-order valence-corrected chi connectivity index (χ0v) is 15.6. The van der Waals surface area contributed by atoms with Crippen LogP contribution in [0, 0.1) is 0 Å². The fourth-order valence-corrected chi connectivity index (χ4v) is 2.55. The predicted molar refractivity (Wildman–Crippen MR) is 105 cm³/mol. The van der Waals surface area contributed by atoms with Gasteiger partial charge >= 0.3 is 0 Å². The van der Waals surface area contributed by atoms with Gasteiger partial charge in [0, 0.05) is 12.2 Å². The summed E-state index contributed by atoms with van der Waals surface area (Å²) in [4.78, 5) is 0. The molecular weight excluding hydrogens is 336 g/mol. The molecule has 0 radical (unpaired) electrons. The van der Waals surface area contributed by atoms with Crippen molar-refractivity contribution >= 4 is 23.0 Å². The largest absolute Gasteiger partial charge is 0.494 e. The van der Waals surface area contributed by atoms with Gasteiger partial charge in [0.05, 0.1) is 20.8 Å². The Morgan fingerprint density at radius 3 is 2.36 bits per heavy atom. The SMILES string of the molecule is CCOc1ccc(NC(=S)NCCc2ccc(OC)c(OC)c2)cc1. The first kappa shape index (κ1) is 18.9. The molecule has 0 aliphatic rings. The molecule has 0 saturated heterocycles. The molecule has 2 aromatic rings. The maximum absolute atomic E-state index is 5.42. The van der Waals surface area contributed by atoms with E-state index in [1.54, 1.807) is 14.2 Å². The van der Waals surface area contributed by atoms with E-state index in [1.807, 2.05) is 49.4 Å². The van der Waals surface area contributed by atoms with Crippen molar-refractivity contribution in [3.05, 3.63) is 48.0 Å². The van der Waals surface area contributed by atoms with E-state index in [-0.39, 0.29) is 0 Å². The molecule has 134 valence electrons. The van der Waals surface area contributed by atoms with E-state index in [2.05, 4.69) is 10.6 Å². The summed E-state index contributed by atoms with van der Waals surface area (Å²) in [5, 5.41) is 6.95. The van der Waals surface area contributed by atoms with E-state index >= 15 is 0 Å². The summed E-state index contributed by atoms with van der Waals surface area (Å²) in [5.74, 6) is 2.31. The number of ether oxygens (including phenoxy) is 3. The first-order chi connectivity index (χ1) is 12.2. The molecule has 0 unspecified atom stereocenters. The van der Waals surface area contributed by atoms with Crippen LogP contribution in [0.4, 0.5) is 5.69 Å². The molecule has 0 heterocycles.